The summed E-state index contributed by atoms with van der Waals surface area (Å²) in [5.74, 6) is -1.06. The zero-order chi connectivity index (χ0) is 19.0. The Morgan fingerprint density at radius 1 is 1.28 bits per heavy atom. The smallest absolute Gasteiger partial charge is 0.328 e. The van der Waals surface area contributed by atoms with Gasteiger partial charge in [0.2, 0.25) is 12.3 Å². The number of ether oxygens (including phenoxy) is 2. The Morgan fingerprint density at radius 3 is 2.48 bits per heavy atom. The predicted molar refractivity (Wildman–Crippen MR) is 92.7 cm³/mol. The van der Waals surface area contributed by atoms with E-state index in [0.29, 0.717) is 12.2 Å². The summed E-state index contributed by atoms with van der Waals surface area (Å²) in [5, 5.41) is 2.61. The second kappa shape index (κ2) is 9.65. The van der Waals surface area contributed by atoms with Crippen molar-refractivity contribution in [1.82, 2.24) is 10.2 Å². The van der Waals surface area contributed by atoms with Crippen LogP contribution in [0.4, 0.5) is 0 Å². The molecule has 1 aliphatic heterocycles. The second-order valence-corrected chi connectivity index (χ2v) is 7.56. The van der Waals surface area contributed by atoms with Crippen LogP contribution in [0.25, 0.3) is 0 Å². The number of esters is 2. The molecule has 0 bridgehead atoms. The molecule has 0 aromatic carbocycles. The molecule has 2 atom stereocenters. The third-order valence-corrected chi connectivity index (χ3v) is 5.20. The third-order valence-electron chi connectivity index (χ3n) is 3.80. The highest BCUT2D eigenvalue weighted by molar-refractivity contribution is 8.00. The summed E-state index contributed by atoms with van der Waals surface area (Å²) in [6.45, 7) is 7.46. The lowest BCUT2D eigenvalue weighted by Crippen LogP contribution is -2.53. The lowest BCUT2D eigenvalue weighted by molar-refractivity contribution is -0.149. The molecule has 0 radical (unpaired) electrons. The maximum Gasteiger partial charge on any atom is 0.328 e. The van der Waals surface area contributed by atoms with E-state index in [1.165, 1.54) is 16.7 Å². The average molecular weight is 374 g/mol. The molecular weight excluding hydrogens is 348 g/mol. The summed E-state index contributed by atoms with van der Waals surface area (Å²) in [6.07, 6.45) is 0.704. The Hall–Kier alpha value is -1.77. The molecule has 0 aliphatic carbocycles. The topological polar surface area (TPSA) is 102 Å². The molecule has 9 heteroatoms. The lowest BCUT2D eigenvalue weighted by atomic mass is 10.1. The third kappa shape index (κ3) is 5.91. The molecule has 1 rings (SSSR count). The minimum Gasteiger partial charge on any atom is -0.466 e. The molecular formula is C16H26N2O6S. The molecule has 1 saturated heterocycles. The van der Waals surface area contributed by atoms with Crippen molar-refractivity contribution >= 4 is 36.0 Å². The number of thioether (sulfide) groups is 1. The molecule has 0 spiro atoms. The van der Waals surface area contributed by atoms with Crippen LogP contribution in [0.3, 0.4) is 0 Å². The van der Waals surface area contributed by atoms with Crippen LogP contribution in [0.15, 0.2) is 0 Å². The number of carbonyl (C=O) groups is 4. The van der Waals surface area contributed by atoms with Crippen molar-refractivity contribution in [3.05, 3.63) is 0 Å². The zero-order valence-corrected chi connectivity index (χ0v) is 15.9. The first-order valence-electron chi connectivity index (χ1n) is 8.27. The molecule has 1 aliphatic rings. The van der Waals surface area contributed by atoms with Gasteiger partial charge in [-0.15, -0.1) is 11.8 Å². The fourth-order valence-electron chi connectivity index (χ4n) is 2.47. The molecule has 0 aromatic heterocycles. The van der Waals surface area contributed by atoms with E-state index >= 15 is 0 Å². The fourth-order valence-corrected chi connectivity index (χ4v) is 3.67. The van der Waals surface area contributed by atoms with E-state index in [4.69, 9.17) is 9.47 Å². The first-order valence-corrected chi connectivity index (χ1v) is 9.25. The maximum absolute atomic E-state index is 12.5. The Kier molecular flexibility index (Phi) is 8.21. The number of amides is 2. The standard InChI is InChI=1S/C16H26N2O6S/c1-5-23-13(20)8-7-11(15(22)24-6-2)17-14(21)12-9-25-16(3,4)18(12)10-19/h10-12H,5-9H2,1-4H3,(H,17,21)/t11-,12-/m0/s1. The predicted octanol–water partition coefficient (Wildman–Crippen LogP) is 0.688. The highest BCUT2D eigenvalue weighted by atomic mass is 32.2. The minimum atomic E-state index is -0.959. The Bertz CT molecular complexity index is 511. The van der Waals surface area contributed by atoms with Gasteiger partial charge in [-0.25, -0.2) is 4.79 Å². The van der Waals surface area contributed by atoms with Gasteiger partial charge in [-0.2, -0.15) is 0 Å². The molecule has 1 N–H and O–H groups in total. The molecule has 0 aromatic rings. The van der Waals surface area contributed by atoms with Crippen LogP contribution in [0.1, 0.15) is 40.5 Å². The SMILES string of the molecule is CCOC(=O)CC[C@H](NC(=O)[C@@H]1CSC(C)(C)N1C=O)C(=O)OCC. The van der Waals surface area contributed by atoms with Crippen molar-refractivity contribution in [2.75, 3.05) is 19.0 Å². The van der Waals surface area contributed by atoms with E-state index in [1.807, 2.05) is 13.8 Å². The van der Waals surface area contributed by atoms with E-state index in [2.05, 4.69) is 5.32 Å². The summed E-state index contributed by atoms with van der Waals surface area (Å²) in [5.41, 5.74) is 0. The molecule has 8 nitrogen and oxygen atoms in total. The minimum absolute atomic E-state index is 0.0140. The van der Waals surface area contributed by atoms with Crippen LogP contribution in [-0.2, 0) is 28.7 Å². The van der Waals surface area contributed by atoms with Crippen LogP contribution in [0.5, 0.6) is 0 Å². The zero-order valence-electron chi connectivity index (χ0n) is 15.1. The molecule has 1 fully saturated rings. The van der Waals surface area contributed by atoms with Gasteiger partial charge < -0.3 is 19.7 Å². The van der Waals surface area contributed by atoms with E-state index in [0.717, 1.165) is 0 Å². The highest BCUT2D eigenvalue weighted by Crippen LogP contribution is 2.37. The average Bonchev–Trinajstić information content (AvgIpc) is 2.86. The van der Waals surface area contributed by atoms with Crippen molar-refractivity contribution < 1.29 is 28.7 Å². The van der Waals surface area contributed by atoms with Gasteiger partial charge in [-0.3, -0.25) is 14.4 Å². The molecule has 1 heterocycles. The van der Waals surface area contributed by atoms with Crippen molar-refractivity contribution in [2.45, 2.75) is 57.5 Å². The number of carbonyl (C=O) groups excluding carboxylic acids is 4. The van der Waals surface area contributed by atoms with Gasteiger partial charge in [0.1, 0.15) is 12.1 Å². The number of hydrogen-bond acceptors (Lipinski definition) is 7. The molecule has 25 heavy (non-hydrogen) atoms. The van der Waals surface area contributed by atoms with Crippen LogP contribution in [0, 0.1) is 0 Å². The number of hydrogen-bond donors (Lipinski definition) is 1. The van der Waals surface area contributed by atoms with Crippen molar-refractivity contribution in [3.63, 3.8) is 0 Å². The molecule has 0 saturated carbocycles. The van der Waals surface area contributed by atoms with Gasteiger partial charge in [-0.1, -0.05) is 0 Å². The second-order valence-electron chi connectivity index (χ2n) is 5.94. The fraction of sp³-hybridized carbons (Fsp3) is 0.750. The summed E-state index contributed by atoms with van der Waals surface area (Å²) < 4.78 is 9.80. The van der Waals surface area contributed by atoms with Crippen molar-refractivity contribution in [2.24, 2.45) is 0 Å². The summed E-state index contributed by atoms with van der Waals surface area (Å²) in [4.78, 5) is 48.4. The van der Waals surface area contributed by atoms with E-state index < -0.39 is 34.8 Å². The highest BCUT2D eigenvalue weighted by Gasteiger charge is 2.43. The van der Waals surface area contributed by atoms with Crippen LogP contribution < -0.4 is 5.32 Å². The van der Waals surface area contributed by atoms with Gasteiger partial charge in [0.05, 0.1) is 18.1 Å². The van der Waals surface area contributed by atoms with E-state index in [9.17, 15) is 19.2 Å². The summed E-state index contributed by atoms with van der Waals surface area (Å²) in [6, 6.07) is -1.63. The monoisotopic (exact) mass is 374 g/mol. The molecule has 142 valence electrons. The van der Waals surface area contributed by atoms with Gasteiger partial charge in [0.25, 0.3) is 0 Å². The Morgan fingerprint density at radius 2 is 1.92 bits per heavy atom. The Balaban J connectivity index is 2.75. The number of rotatable bonds is 9. The van der Waals surface area contributed by atoms with Gasteiger partial charge in [0.15, 0.2) is 0 Å². The largest absolute Gasteiger partial charge is 0.466 e. The summed E-state index contributed by atoms with van der Waals surface area (Å²) >= 11 is 1.48. The van der Waals surface area contributed by atoms with E-state index in [1.54, 1.807) is 13.8 Å². The Labute approximate surface area is 152 Å². The maximum atomic E-state index is 12.5. The van der Waals surface area contributed by atoms with Crippen LogP contribution in [-0.4, -0.2) is 65.1 Å². The normalized spacial score (nSPS) is 19.8. The summed E-state index contributed by atoms with van der Waals surface area (Å²) in [7, 11) is 0. The quantitative estimate of drug-likeness (QED) is 0.468. The van der Waals surface area contributed by atoms with Crippen LogP contribution >= 0.6 is 11.8 Å². The van der Waals surface area contributed by atoms with Gasteiger partial charge in [0, 0.05) is 12.2 Å². The molecule has 0 unspecified atom stereocenters. The molecule has 2 amide bonds. The van der Waals surface area contributed by atoms with E-state index in [-0.39, 0.29) is 26.1 Å². The van der Waals surface area contributed by atoms with Gasteiger partial charge >= 0.3 is 11.9 Å². The first kappa shape index (κ1) is 21.3. The first-order chi connectivity index (χ1) is 11.8. The van der Waals surface area contributed by atoms with Crippen molar-refractivity contribution in [3.8, 4) is 0 Å². The lowest BCUT2D eigenvalue weighted by Gasteiger charge is -2.30. The van der Waals surface area contributed by atoms with Gasteiger partial charge in [-0.05, 0) is 34.1 Å². The number of nitrogens with zero attached hydrogens (tertiary/aromatic N) is 1. The van der Waals surface area contributed by atoms with Crippen LogP contribution in [0.2, 0.25) is 0 Å². The van der Waals surface area contributed by atoms with Crippen molar-refractivity contribution in [1.29, 1.82) is 0 Å². The number of nitrogens with one attached hydrogen (secondary N) is 1.